The molecular weight excluding hydrogens is 394 g/mol. The standard InChI is InChI=1S/C25H25NO5/c1-18(17-30-24-11-6-5-10-23(24)29-4)25(26-19-12-14-20(27-2)15-13-19)31-22-9-7-8-21(16-22)28-3/h5-17H,1-4H3/b18-17+,26-25?. The molecule has 6 nitrogen and oxygen atoms in total. The fraction of sp³-hybridized carbons (Fsp3) is 0.160. The van der Waals surface area contributed by atoms with E-state index in [1.54, 1.807) is 33.7 Å². The Labute approximate surface area is 182 Å². The summed E-state index contributed by atoms with van der Waals surface area (Å²) < 4.78 is 27.8. The van der Waals surface area contributed by atoms with Crippen molar-refractivity contribution < 1.29 is 23.7 Å². The van der Waals surface area contributed by atoms with E-state index in [1.165, 1.54) is 0 Å². The van der Waals surface area contributed by atoms with Gasteiger partial charge in [-0.2, -0.15) is 0 Å². The van der Waals surface area contributed by atoms with E-state index in [0.29, 0.717) is 40.2 Å². The molecule has 31 heavy (non-hydrogen) atoms. The zero-order valence-corrected chi connectivity index (χ0v) is 18.0. The highest BCUT2D eigenvalue weighted by molar-refractivity contribution is 5.96. The molecule has 0 unspecified atom stereocenters. The van der Waals surface area contributed by atoms with Crippen molar-refractivity contribution in [2.75, 3.05) is 21.3 Å². The molecule has 0 radical (unpaired) electrons. The van der Waals surface area contributed by atoms with Crippen molar-refractivity contribution in [2.45, 2.75) is 6.92 Å². The lowest BCUT2D eigenvalue weighted by Gasteiger charge is -2.12. The Morgan fingerprint density at radius 2 is 1.39 bits per heavy atom. The topological polar surface area (TPSA) is 58.5 Å². The largest absolute Gasteiger partial charge is 0.497 e. The minimum atomic E-state index is 0.383. The first kappa shape index (κ1) is 21.8. The average molecular weight is 419 g/mol. The number of hydrogen-bond acceptors (Lipinski definition) is 6. The number of aliphatic imine (C=N–C) groups is 1. The summed E-state index contributed by atoms with van der Waals surface area (Å²) >= 11 is 0. The van der Waals surface area contributed by atoms with Gasteiger partial charge in [-0.05, 0) is 55.5 Å². The van der Waals surface area contributed by atoms with E-state index in [2.05, 4.69) is 4.99 Å². The van der Waals surface area contributed by atoms with E-state index in [9.17, 15) is 0 Å². The number of para-hydroxylation sites is 2. The van der Waals surface area contributed by atoms with Gasteiger partial charge in [-0.15, -0.1) is 0 Å². The predicted molar refractivity (Wildman–Crippen MR) is 121 cm³/mol. The van der Waals surface area contributed by atoms with E-state index in [-0.39, 0.29) is 0 Å². The van der Waals surface area contributed by atoms with Crippen molar-refractivity contribution in [1.82, 2.24) is 0 Å². The molecule has 0 aliphatic rings. The molecule has 0 aromatic heterocycles. The molecule has 3 aromatic rings. The summed E-state index contributed by atoms with van der Waals surface area (Å²) in [4.78, 5) is 4.66. The highest BCUT2D eigenvalue weighted by atomic mass is 16.5. The SMILES string of the molecule is COc1ccc(N=C(Oc2cccc(OC)c2)/C(C)=C/Oc2ccccc2OC)cc1. The number of nitrogens with zero attached hydrogens (tertiary/aromatic N) is 1. The Hall–Kier alpha value is -3.93. The molecule has 160 valence electrons. The van der Waals surface area contributed by atoms with E-state index in [0.717, 1.165) is 5.75 Å². The van der Waals surface area contributed by atoms with Gasteiger partial charge in [-0.1, -0.05) is 18.2 Å². The van der Waals surface area contributed by atoms with Gasteiger partial charge in [0.1, 0.15) is 17.2 Å². The van der Waals surface area contributed by atoms with E-state index >= 15 is 0 Å². The molecule has 0 aliphatic carbocycles. The van der Waals surface area contributed by atoms with Crippen LogP contribution in [0.25, 0.3) is 0 Å². The van der Waals surface area contributed by atoms with Crippen LogP contribution in [0, 0.1) is 0 Å². The lowest BCUT2D eigenvalue weighted by Crippen LogP contribution is -2.11. The fourth-order valence-electron chi connectivity index (χ4n) is 2.66. The van der Waals surface area contributed by atoms with E-state index in [1.807, 2.05) is 73.7 Å². The van der Waals surface area contributed by atoms with Crippen LogP contribution >= 0.6 is 0 Å². The summed E-state index contributed by atoms with van der Waals surface area (Å²) in [5.74, 6) is 3.64. The zero-order valence-electron chi connectivity index (χ0n) is 18.0. The first-order valence-corrected chi connectivity index (χ1v) is 9.64. The minimum Gasteiger partial charge on any atom is -0.497 e. The van der Waals surface area contributed by atoms with Crippen LogP contribution in [0.15, 0.2) is 89.6 Å². The Morgan fingerprint density at radius 3 is 2.06 bits per heavy atom. The van der Waals surface area contributed by atoms with Gasteiger partial charge in [0.15, 0.2) is 11.5 Å². The molecule has 3 aromatic carbocycles. The molecule has 0 aliphatic heterocycles. The van der Waals surface area contributed by atoms with Crippen molar-refractivity contribution in [1.29, 1.82) is 0 Å². The fourth-order valence-corrected chi connectivity index (χ4v) is 2.66. The van der Waals surface area contributed by atoms with Crippen LogP contribution in [0.4, 0.5) is 5.69 Å². The van der Waals surface area contributed by atoms with Crippen molar-refractivity contribution in [2.24, 2.45) is 4.99 Å². The number of benzene rings is 3. The van der Waals surface area contributed by atoms with Crippen LogP contribution in [-0.2, 0) is 0 Å². The molecular formula is C25H25NO5. The Balaban J connectivity index is 1.92. The Bertz CT molecular complexity index is 1060. The van der Waals surface area contributed by atoms with Gasteiger partial charge in [0.25, 0.3) is 0 Å². The Kier molecular flexibility index (Phi) is 7.54. The molecule has 0 saturated carbocycles. The summed E-state index contributed by atoms with van der Waals surface area (Å²) in [6.45, 7) is 1.86. The van der Waals surface area contributed by atoms with Crippen LogP contribution in [-0.4, -0.2) is 27.2 Å². The quantitative estimate of drug-likeness (QED) is 0.262. The van der Waals surface area contributed by atoms with Gasteiger partial charge in [0, 0.05) is 11.6 Å². The molecule has 0 amide bonds. The molecule has 6 heteroatoms. The monoisotopic (exact) mass is 419 g/mol. The van der Waals surface area contributed by atoms with E-state index < -0.39 is 0 Å². The zero-order chi connectivity index (χ0) is 22.1. The van der Waals surface area contributed by atoms with Gasteiger partial charge < -0.3 is 23.7 Å². The second-order valence-corrected chi connectivity index (χ2v) is 6.47. The first-order valence-electron chi connectivity index (χ1n) is 9.64. The van der Waals surface area contributed by atoms with E-state index in [4.69, 9.17) is 23.7 Å². The van der Waals surface area contributed by atoms with Crippen LogP contribution in [0.3, 0.4) is 0 Å². The Morgan fingerprint density at radius 1 is 0.710 bits per heavy atom. The van der Waals surface area contributed by atoms with Crippen molar-refractivity contribution in [3.05, 3.63) is 84.6 Å². The smallest absolute Gasteiger partial charge is 0.225 e. The van der Waals surface area contributed by atoms with Gasteiger partial charge in [-0.25, -0.2) is 4.99 Å². The molecule has 0 spiro atoms. The van der Waals surface area contributed by atoms with Gasteiger partial charge in [0.05, 0.1) is 33.3 Å². The van der Waals surface area contributed by atoms with Crippen LogP contribution in [0.5, 0.6) is 28.7 Å². The summed E-state index contributed by atoms with van der Waals surface area (Å²) in [7, 11) is 4.83. The maximum atomic E-state index is 6.08. The number of hydrogen-bond donors (Lipinski definition) is 0. The molecule has 0 atom stereocenters. The third-order valence-electron chi connectivity index (χ3n) is 4.33. The number of rotatable bonds is 8. The predicted octanol–water partition coefficient (Wildman–Crippen LogP) is 5.80. The summed E-state index contributed by atoms with van der Waals surface area (Å²) in [5, 5.41) is 0. The first-order chi connectivity index (χ1) is 15.1. The van der Waals surface area contributed by atoms with Gasteiger partial charge in [-0.3, -0.25) is 0 Å². The summed E-state index contributed by atoms with van der Waals surface area (Å²) in [6, 6.07) is 22.1. The molecule has 0 saturated heterocycles. The van der Waals surface area contributed by atoms with Crippen molar-refractivity contribution >= 4 is 11.6 Å². The normalized spacial score (nSPS) is 11.6. The number of methoxy groups -OCH3 is 3. The second-order valence-electron chi connectivity index (χ2n) is 6.47. The molecule has 0 fully saturated rings. The third-order valence-corrected chi connectivity index (χ3v) is 4.33. The maximum Gasteiger partial charge on any atom is 0.225 e. The highest BCUT2D eigenvalue weighted by Crippen LogP contribution is 2.27. The lowest BCUT2D eigenvalue weighted by molar-refractivity contribution is 0.377. The van der Waals surface area contributed by atoms with Crippen molar-refractivity contribution in [3.8, 4) is 28.7 Å². The lowest BCUT2D eigenvalue weighted by atomic mass is 10.3. The minimum absolute atomic E-state index is 0.383. The average Bonchev–Trinajstić information content (AvgIpc) is 2.82. The molecule has 0 N–H and O–H groups in total. The molecule has 0 heterocycles. The molecule has 0 bridgehead atoms. The van der Waals surface area contributed by atoms with Gasteiger partial charge >= 0.3 is 0 Å². The van der Waals surface area contributed by atoms with Crippen LogP contribution in [0.1, 0.15) is 6.92 Å². The van der Waals surface area contributed by atoms with Crippen LogP contribution < -0.4 is 23.7 Å². The summed E-state index contributed by atoms with van der Waals surface area (Å²) in [6.07, 6.45) is 1.58. The molecule has 3 rings (SSSR count). The highest BCUT2D eigenvalue weighted by Gasteiger charge is 2.10. The van der Waals surface area contributed by atoms with Gasteiger partial charge in [0.2, 0.25) is 5.90 Å². The third kappa shape index (κ3) is 6.02. The second kappa shape index (κ2) is 10.7. The maximum absolute atomic E-state index is 6.08. The van der Waals surface area contributed by atoms with Crippen molar-refractivity contribution in [3.63, 3.8) is 0 Å². The summed E-state index contributed by atoms with van der Waals surface area (Å²) in [5.41, 5.74) is 1.40. The van der Waals surface area contributed by atoms with Crippen LogP contribution in [0.2, 0.25) is 0 Å². The number of ether oxygens (including phenoxy) is 5.